The molecule has 0 unspecified atom stereocenters. The first kappa shape index (κ1) is 25.8. The third-order valence-corrected chi connectivity index (χ3v) is 5.95. The van der Waals surface area contributed by atoms with Gasteiger partial charge in [0.2, 0.25) is 0 Å². The predicted molar refractivity (Wildman–Crippen MR) is 148 cm³/mol. The molecule has 7 heteroatoms. The van der Waals surface area contributed by atoms with Crippen LogP contribution in [0.2, 0.25) is 0 Å². The Morgan fingerprint density at radius 3 is 1.74 bits per heavy atom. The number of aryl methyl sites for hydroxylation is 4. The molecule has 38 heavy (non-hydrogen) atoms. The van der Waals surface area contributed by atoms with Crippen LogP contribution in [0.4, 0.5) is 21.9 Å². The van der Waals surface area contributed by atoms with Crippen molar-refractivity contribution >= 4 is 23.1 Å². The van der Waals surface area contributed by atoms with Gasteiger partial charge in [-0.05, 0) is 92.4 Å². The molecule has 188 valence electrons. The number of nitrogens with one attached hydrogen (secondary N) is 2. The van der Waals surface area contributed by atoms with Crippen LogP contribution in [0.25, 0.3) is 4.85 Å². The van der Waals surface area contributed by atoms with Crippen molar-refractivity contribution in [1.29, 1.82) is 5.26 Å². The highest BCUT2D eigenvalue weighted by atomic mass is 16.5. The van der Waals surface area contributed by atoms with Gasteiger partial charge in [-0.2, -0.15) is 5.26 Å². The summed E-state index contributed by atoms with van der Waals surface area (Å²) in [6, 6.07) is 23.1. The lowest BCUT2D eigenvalue weighted by Gasteiger charge is -2.14. The number of anilines is 2. The Morgan fingerprint density at radius 1 is 0.737 bits per heavy atom. The molecule has 0 heterocycles. The van der Waals surface area contributed by atoms with Gasteiger partial charge in [0.05, 0.1) is 18.2 Å². The first-order valence-corrected chi connectivity index (χ1v) is 11.9. The molecule has 2 amide bonds. The van der Waals surface area contributed by atoms with Gasteiger partial charge in [0.1, 0.15) is 23.0 Å². The number of amides is 2. The van der Waals surface area contributed by atoms with Gasteiger partial charge in [-0.3, -0.25) is 0 Å². The maximum Gasteiger partial charge on any atom is 0.323 e. The monoisotopic (exact) mass is 502 g/mol. The molecular formula is C31H26N4O3. The van der Waals surface area contributed by atoms with E-state index in [1.54, 1.807) is 48.5 Å². The van der Waals surface area contributed by atoms with Crippen LogP contribution < -0.4 is 20.1 Å². The molecule has 4 aromatic carbocycles. The molecule has 0 saturated carbocycles. The van der Waals surface area contributed by atoms with Crippen LogP contribution in [-0.4, -0.2) is 6.03 Å². The van der Waals surface area contributed by atoms with Crippen LogP contribution in [0.3, 0.4) is 0 Å². The summed E-state index contributed by atoms with van der Waals surface area (Å²) in [5.41, 5.74) is 5.77. The third-order valence-electron chi connectivity index (χ3n) is 5.95. The van der Waals surface area contributed by atoms with Crippen LogP contribution in [0.15, 0.2) is 72.8 Å². The first-order valence-electron chi connectivity index (χ1n) is 11.9. The average Bonchev–Trinajstić information content (AvgIpc) is 2.88. The third kappa shape index (κ3) is 6.10. The summed E-state index contributed by atoms with van der Waals surface area (Å²) in [6.07, 6.45) is 0. The van der Waals surface area contributed by atoms with Crippen molar-refractivity contribution in [2.75, 3.05) is 10.6 Å². The Balaban J connectivity index is 1.45. The van der Waals surface area contributed by atoms with Gasteiger partial charge in [-0.15, -0.1) is 0 Å². The van der Waals surface area contributed by atoms with Crippen molar-refractivity contribution in [2.45, 2.75) is 27.7 Å². The number of nitrogens with zero attached hydrogens (tertiary/aromatic N) is 2. The van der Waals surface area contributed by atoms with Crippen LogP contribution >= 0.6 is 0 Å². The minimum atomic E-state index is -0.416. The zero-order valence-electron chi connectivity index (χ0n) is 21.5. The Hall–Kier alpha value is -5.27. The van der Waals surface area contributed by atoms with Crippen molar-refractivity contribution in [1.82, 2.24) is 0 Å². The molecule has 0 atom stereocenters. The Morgan fingerprint density at radius 2 is 1.26 bits per heavy atom. The normalized spacial score (nSPS) is 10.2. The molecule has 0 fully saturated rings. The second kappa shape index (κ2) is 11.2. The summed E-state index contributed by atoms with van der Waals surface area (Å²) >= 11 is 0. The topological polar surface area (TPSA) is 87.7 Å². The Bertz CT molecular complexity index is 1490. The fraction of sp³-hybridized carbons (Fsp3) is 0.129. The summed E-state index contributed by atoms with van der Waals surface area (Å²) in [5.74, 6) is 2.42. The minimum Gasteiger partial charge on any atom is -0.457 e. The number of hydrogen-bond acceptors (Lipinski definition) is 4. The van der Waals surface area contributed by atoms with E-state index in [0.717, 1.165) is 22.3 Å². The van der Waals surface area contributed by atoms with Crippen LogP contribution in [-0.2, 0) is 0 Å². The number of carbonyl (C=O) groups excluding carboxylic acids is 1. The molecule has 0 spiro atoms. The highest BCUT2D eigenvalue weighted by Crippen LogP contribution is 2.32. The van der Waals surface area contributed by atoms with E-state index >= 15 is 0 Å². The average molecular weight is 503 g/mol. The van der Waals surface area contributed by atoms with E-state index in [9.17, 15) is 4.79 Å². The van der Waals surface area contributed by atoms with Crippen molar-refractivity contribution in [3.05, 3.63) is 112 Å². The van der Waals surface area contributed by atoms with Crippen molar-refractivity contribution in [3.63, 3.8) is 0 Å². The fourth-order valence-corrected chi connectivity index (χ4v) is 3.76. The number of carbonyl (C=O) groups is 1. The number of rotatable bonds is 6. The molecule has 2 N–H and O–H groups in total. The van der Waals surface area contributed by atoms with E-state index in [1.165, 1.54) is 0 Å². The minimum absolute atomic E-state index is 0.416. The second-order valence-electron chi connectivity index (χ2n) is 8.89. The van der Waals surface area contributed by atoms with E-state index in [4.69, 9.17) is 21.3 Å². The number of urea groups is 1. The molecule has 0 saturated heterocycles. The quantitative estimate of drug-likeness (QED) is 0.259. The van der Waals surface area contributed by atoms with Gasteiger partial charge in [0, 0.05) is 23.5 Å². The highest BCUT2D eigenvalue weighted by Gasteiger charge is 2.10. The molecule has 7 nitrogen and oxygen atoms in total. The largest absolute Gasteiger partial charge is 0.457 e. The van der Waals surface area contributed by atoms with Gasteiger partial charge in [0.15, 0.2) is 5.69 Å². The molecule has 0 aromatic heterocycles. The van der Waals surface area contributed by atoms with Crippen molar-refractivity contribution in [3.8, 4) is 29.1 Å². The Labute approximate surface area is 222 Å². The van der Waals surface area contributed by atoms with Crippen molar-refractivity contribution < 1.29 is 14.3 Å². The maximum atomic E-state index is 12.8. The maximum absolute atomic E-state index is 12.8. The number of ether oxygens (including phenoxy) is 2. The smallest absolute Gasteiger partial charge is 0.323 e. The fourth-order valence-electron chi connectivity index (χ4n) is 3.76. The van der Waals surface area contributed by atoms with E-state index in [1.807, 2.05) is 52.0 Å². The standard InChI is InChI=1S/C31H26N4O3/c1-19-6-9-24(16-29(19)37-26-11-8-23(18-32)21(3)14-26)34-31(36)35-25-10-7-20(2)30(17-25)38-27-12-13-28(33-5)22(4)15-27/h6-17H,1-4H3,(H2,34,35,36). The molecule has 0 aliphatic carbocycles. The SMILES string of the molecule is [C-]#[N+]c1ccc(Oc2cc(NC(=O)Nc3ccc(C)c(Oc4ccc(C#N)c(C)c4)c3)ccc2C)cc1C. The van der Waals surface area contributed by atoms with E-state index < -0.39 is 6.03 Å². The van der Waals surface area contributed by atoms with Gasteiger partial charge in [-0.25, -0.2) is 9.64 Å². The molecule has 0 radical (unpaired) electrons. The van der Waals surface area contributed by atoms with Crippen LogP contribution in [0, 0.1) is 45.6 Å². The van der Waals surface area contributed by atoms with Gasteiger partial charge >= 0.3 is 6.03 Å². The highest BCUT2D eigenvalue weighted by molar-refractivity contribution is 6.00. The predicted octanol–water partition coefficient (Wildman–Crippen LogP) is 8.57. The van der Waals surface area contributed by atoms with Crippen LogP contribution in [0.5, 0.6) is 23.0 Å². The zero-order chi connectivity index (χ0) is 27.2. The van der Waals surface area contributed by atoms with E-state index in [0.29, 0.717) is 45.6 Å². The first-order chi connectivity index (χ1) is 18.2. The molecule has 0 aliphatic rings. The number of hydrogen-bond donors (Lipinski definition) is 2. The summed E-state index contributed by atoms with van der Waals surface area (Å²) in [6.45, 7) is 14.8. The van der Waals surface area contributed by atoms with E-state index in [2.05, 4.69) is 21.5 Å². The summed E-state index contributed by atoms with van der Waals surface area (Å²) in [4.78, 5) is 16.2. The van der Waals surface area contributed by atoms with E-state index in [-0.39, 0.29) is 0 Å². The van der Waals surface area contributed by atoms with Gasteiger partial charge in [0.25, 0.3) is 0 Å². The van der Waals surface area contributed by atoms with Crippen LogP contribution in [0.1, 0.15) is 27.8 Å². The molecule has 0 bridgehead atoms. The zero-order valence-corrected chi connectivity index (χ0v) is 21.5. The van der Waals surface area contributed by atoms with Crippen molar-refractivity contribution in [2.24, 2.45) is 0 Å². The number of benzene rings is 4. The second-order valence-corrected chi connectivity index (χ2v) is 8.89. The lowest BCUT2D eigenvalue weighted by molar-refractivity contribution is 0.262. The summed E-state index contributed by atoms with van der Waals surface area (Å²) < 4.78 is 12.1. The lowest BCUT2D eigenvalue weighted by Crippen LogP contribution is -2.19. The summed E-state index contributed by atoms with van der Waals surface area (Å²) in [7, 11) is 0. The molecule has 4 rings (SSSR count). The molecule has 4 aromatic rings. The lowest BCUT2D eigenvalue weighted by atomic mass is 10.1. The molecular weight excluding hydrogens is 476 g/mol. The Kier molecular flexibility index (Phi) is 7.61. The summed E-state index contributed by atoms with van der Waals surface area (Å²) in [5, 5.41) is 14.8. The van der Waals surface area contributed by atoms with Gasteiger partial charge in [-0.1, -0.05) is 18.2 Å². The van der Waals surface area contributed by atoms with Gasteiger partial charge < -0.3 is 20.1 Å². The number of nitriles is 1. The molecule has 0 aliphatic heterocycles.